The Bertz CT molecular complexity index is 498. The first kappa shape index (κ1) is 19.9. The molecule has 0 aliphatic heterocycles. The van der Waals surface area contributed by atoms with Gasteiger partial charge < -0.3 is 31.3 Å². The van der Waals surface area contributed by atoms with Crippen molar-refractivity contribution in [2.75, 3.05) is 19.7 Å². The van der Waals surface area contributed by atoms with E-state index in [0.717, 1.165) is 5.56 Å². The van der Waals surface area contributed by atoms with Crippen LogP contribution in [-0.2, 0) is 16.1 Å². The zero-order valence-corrected chi connectivity index (χ0v) is 13.5. The summed E-state index contributed by atoms with van der Waals surface area (Å²) in [6.45, 7) is 0.0628. The van der Waals surface area contributed by atoms with E-state index in [0.29, 0.717) is 19.4 Å². The van der Waals surface area contributed by atoms with Crippen LogP contribution in [0.3, 0.4) is 0 Å². The number of nitrogens with two attached hydrogens (primary N) is 1. The zero-order valence-electron chi connectivity index (χ0n) is 13.5. The molecule has 134 valence electrons. The Morgan fingerprint density at radius 2 is 1.92 bits per heavy atom. The van der Waals surface area contributed by atoms with Crippen molar-refractivity contribution < 1.29 is 24.5 Å². The number of nitrogens with one attached hydrogen (secondary N) is 2. The molecule has 0 aromatic heterocycles. The Morgan fingerprint density at radius 3 is 2.58 bits per heavy atom. The molecule has 2 amide bonds. The van der Waals surface area contributed by atoms with E-state index >= 15 is 0 Å². The van der Waals surface area contributed by atoms with Gasteiger partial charge in [0, 0.05) is 13.1 Å². The fourth-order valence-electron chi connectivity index (χ4n) is 1.83. The van der Waals surface area contributed by atoms with Crippen LogP contribution in [0, 0.1) is 0 Å². The first-order chi connectivity index (χ1) is 11.5. The fourth-order valence-corrected chi connectivity index (χ4v) is 1.83. The summed E-state index contributed by atoms with van der Waals surface area (Å²) in [6, 6.07) is 8.59. The third kappa shape index (κ3) is 8.47. The molecule has 0 aliphatic rings. The molecule has 0 bridgehead atoms. The highest BCUT2D eigenvalue weighted by Gasteiger charge is 2.14. The Hall–Kier alpha value is -2.16. The third-order valence-corrected chi connectivity index (χ3v) is 3.23. The van der Waals surface area contributed by atoms with Crippen molar-refractivity contribution in [3.63, 3.8) is 0 Å². The SMILES string of the molecule is N[C@@H](CCCNC(=O)OCc1ccccc1)C(=O)NCC(O)CO. The number of hydrogen-bond donors (Lipinski definition) is 5. The summed E-state index contributed by atoms with van der Waals surface area (Å²) in [5.74, 6) is -0.408. The molecular formula is C16H25N3O5. The number of rotatable bonds is 10. The molecule has 8 nitrogen and oxygen atoms in total. The number of aliphatic hydroxyl groups is 2. The Morgan fingerprint density at radius 1 is 1.21 bits per heavy atom. The first-order valence-corrected chi connectivity index (χ1v) is 7.79. The largest absolute Gasteiger partial charge is 0.445 e. The molecule has 24 heavy (non-hydrogen) atoms. The molecule has 6 N–H and O–H groups in total. The minimum atomic E-state index is -0.998. The zero-order chi connectivity index (χ0) is 17.8. The third-order valence-electron chi connectivity index (χ3n) is 3.23. The second-order valence-electron chi connectivity index (χ2n) is 5.32. The molecule has 1 aromatic carbocycles. The molecule has 0 heterocycles. The monoisotopic (exact) mass is 339 g/mol. The number of carbonyl (C=O) groups excluding carboxylic acids is 2. The van der Waals surface area contributed by atoms with E-state index in [9.17, 15) is 9.59 Å². The molecule has 1 aromatic rings. The van der Waals surface area contributed by atoms with Crippen molar-refractivity contribution in [2.45, 2.75) is 31.6 Å². The van der Waals surface area contributed by atoms with E-state index in [1.165, 1.54) is 0 Å². The van der Waals surface area contributed by atoms with Crippen LogP contribution in [0.2, 0.25) is 0 Å². The van der Waals surface area contributed by atoms with Crippen LogP contribution >= 0.6 is 0 Å². The maximum absolute atomic E-state index is 11.6. The Kier molecular flexibility index (Phi) is 9.44. The second-order valence-corrected chi connectivity index (χ2v) is 5.32. The number of aliphatic hydroxyl groups excluding tert-OH is 2. The maximum Gasteiger partial charge on any atom is 0.407 e. The van der Waals surface area contributed by atoms with Gasteiger partial charge in [-0.15, -0.1) is 0 Å². The summed E-state index contributed by atoms with van der Waals surface area (Å²) in [4.78, 5) is 23.1. The molecule has 0 radical (unpaired) electrons. The van der Waals surface area contributed by atoms with Gasteiger partial charge >= 0.3 is 6.09 Å². The van der Waals surface area contributed by atoms with Gasteiger partial charge in [-0.2, -0.15) is 0 Å². The Labute approximate surface area is 141 Å². The van der Waals surface area contributed by atoms with E-state index < -0.39 is 30.8 Å². The summed E-state index contributed by atoms with van der Waals surface area (Å²) in [7, 11) is 0. The average molecular weight is 339 g/mol. The summed E-state index contributed by atoms with van der Waals surface area (Å²) < 4.78 is 5.05. The minimum Gasteiger partial charge on any atom is -0.445 e. The van der Waals surface area contributed by atoms with E-state index in [1.54, 1.807) is 0 Å². The van der Waals surface area contributed by atoms with Crippen LogP contribution < -0.4 is 16.4 Å². The summed E-state index contributed by atoms with van der Waals surface area (Å²) in [5, 5.41) is 22.8. The van der Waals surface area contributed by atoms with E-state index in [4.69, 9.17) is 20.7 Å². The molecule has 0 fully saturated rings. The van der Waals surface area contributed by atoms with Crippen LogP contribution in [0.15, 0.2) is 30.3 Å². The highest BCUT2D eigenvalue weighted by Crippen LogP contribution is 2.00. The van der Waals surface area contributed by atoms with Gasteiger partial charge in [0.15, 0.2) is 0 Å². The summed E-state index contributed by atoms with van der Waals surface area (Å²) in [6.07, 6.45) is -0.637. The maximum atomic E-state index is 11.6. The molecule has 0 aliphatic carbocycles. The van der Waals surface area contributed by atoms with Gasteiger partial charge in [-0.1, -0.05) is 30.3 Å². The van der Waals surface area contributed by atoms with E-state index in [1.807, 2.05) is 30.3 Å². The number of benzene rings is 1. The van der Waals surface area contributed by atoms with Crippen molar-refractivity contribution >= 4 is 12.0 Å². The number of alkyl carbamates (subject to hydrolysis) is 1. The Balaban J connectivity index is 2.09. The lowest BCUT2D eigenvalue weighted by atomic mass is 10.1. The topological polar surface area (TPSA) is 134 Å². The lowest BCUT2D eigenvalue weighted by molar-refractivity contribution is -0.123. The van der Waals surface area contributed by atoms with Crippen molar-refractivity contribution in [3.8, 4) is 0 Å². The molecule has 2 atom stereocenters. The molecule has 0 saturated heterocycles. The molecule has 1 rings (SSSR count). The van der Waals surface area contributed by atoms with Crippen molar-refractivity contribution in [3.05, 3.63) is 35.9 Å². The predicted molar refractivity (Wildman–Crippen MR) is 87.9 cm³/mol. The molecule has 0 spiro atoms. The van der Waals surface area contributed by atoms with Crippen LogP contribution in [0.1, 0.15) is 18.4 Å². The van der Waals surface area contributed by atoms with Gasteiger partial charge in [-0.3, -0.25) is 4.79 Å². The second kappa shape index (κ2) is 11.4. The fraction of sp³-hybridized carbons (Fsp3) is 0.500. The van der Waals surface area contributed by atoms with Crippen molar-refractivity contribution in [1.29, 1.82) is 0 Å². The molecule has 0 saturated carbocycles. The van der Waals surface area contributed by atoms with Gasteiger partial charge in [-0.25, -0.2) is 4.79 Å². The van der Waals surface area contributed by atoms with Crippen LogP contribution in [0.5, 0.6) is 0 Å². The average Bonchev–Trinajstić information content (AvgIpc) is 2.61. The highest BCUT2D eigenvalue weighted by molar-refractivity contribution is 5.81. The van der Waals surface area contributed by atoms with E-state index in [-0.39, 0.29) is 13.2 Å². The summed E-state index contributed by atoms with van der Waals surface area (Å²) in [5.41, 5.74) is 6.60. The smallest absolute Gasteiger partial charge is 0.407 e. The molecule has 1 unspecified atom stereocenters. The number of ether oxygens (including phenoxy) is 1. The van der Waals surface area contributed by atoms with Crippen LogP contribution in [-0.4, -0.2) is 54.1 Å². The number of carbonyl (C=O) groups is 2. The number of hydrogen-bond acceptors (Lipinski definition) is 6. The number of amides is 2. The lowest BCUT2D eigenvalue weighted by Gasteiger charge is -2.14. The summed E-state index contributed by atoms with van der Waals surface area (Å²) >= 11 is 0. The van der Waals surface area contributed by atoms with Gasteiger partial charge in [0.2, 0.25) is 5.91 Å². The van der Waals surface area contributed by atoms with E-state index in [2.05, 4.69) is 10.6 Å². The molecular weight excluding hydrogens is 314 g/mol. The quantitative estimate of drug-likeness (QED) is 0.365. The predicted octanol–water partition coefficient (Wildman–Crippen LogP) is -0.510. The normalized spacial score (nSPS) is 13.0. The lowest BCUT2D eigenvalue weighted by Crippen LogP contribution is -2.44. The van der Waals surface area contributed by atoms with Gasteiger partial charge in [0.1, 0.15) is 6.61 Å². The van der Waals surface area contributed by atoms with Crippen molar-refractivity contribution in [1.82, 2.24) is 10.6 Å². The first-order valence-electron chi connectivity index (χ1n) is 7.79. The van der Waals surface area contributed by atoms with Gasteiger partial charge in [0.05, 0.1) is 18.8 Å². The van der Waals surface area contributed by atoms with Crippen molar-refractivity contribution in [2.24, 2.45) is 5.73 Å². The highest BCUT2D eigenvalue weighted by atomic mass is 16.5. The van der Waals surface area contributed by atoms with Gasteiger partial charge in [0.25, 0.3) is 0 Å². The van der Waals surface area contributed by atoms with Gasteiger partial charge in [-0.05, 0) is 18.4 Å². The minimum absolute atomic E-state index is 0.0485. The van der Waals surface area contributed by atoms with Crippen LogP contribution in [0.25, 0.3) is 0 Å². The standard InChI is InChI=1S/C16H25N3O5/c17-14(15(22)19-9-13(21)10-20)7-4-8-18-16(23)24-11-12-5-2-1-3-6-12/h1-3,5-6,13-14,20-21H,4,7-11,17H2,(H,18,23)(H,19,22)/t13?,14-/m0/s1. The van der Waals surface area contributed by atoms with Crippen LogP contribution in [0.4, 0.5) is 4.79 Å². The molecule has 8 heteroatoms.